The number of anilines is 1. The zero-order valence-corrected chi connectivity index (χ0v) is 19.6. The average molecular weight is 426 g/mol. The van der Waals surface area contributed by atoms with Gasteiger partial charge in [-0.15, -0.1) is 0 Å². The van der Waals surface area contributed by atoms with Gasteiger partial charge in [0.1, 0.15) is 5.60 Å². The fraction of sp³-hybridized carbons (Fsp3) is 0.542. The van der Waals surface area contributed by atoms with Gasteiger partial charge in [0, 0.05) is 38.6 Å². The Kier molecular flexibility index (Phi) is 7.03. The van der Waals surface area contributed by atoms with Crippen LogP contribution in [0.5, 0.6) is 0 Å². The van der Waals surface area contributed by atoms with Crippen LogP contribution in [-0.2, 0) is 4.74 Å². The maximum absolute atomic E-state index is 12.3. The molecule has 1 aliphatic rings. The predicted octanol–water partition coefficient (Wildman–Crippen LogP) is 4.79. The zero-order chi connectivity index (χ0) is 22.6. The minimum atomic E-state index is -0.483. The first-order valence-corrected chi connectivity index (χ1v) is 11.1. The molecular formula is C24H35N5O2. The highest BCUT2D eigenvalue weighted by Gasteiger charge is 2.27. The van der Waals surface area contributed by atoms with Crippen LogP contribution in [0, 0.1) is 5.92 Å². The molecule has 3 heterocycles. The second kappa shape index (κ2) is 9.54. The molecule has 1 atom stereocenters. The number of allylic oxidation sites excluding steroid dienone is 4. The number of amides is 1. The molecule has 1 aliphatic heterocycles. The maximum atomic E-state index is 12.3. The fourth-order valence-electron chi connectivity index (χ4n) is 3.46. The molecule has 0 spiro atoms. The third-order valence-electron chi connectivity index (χ3n) is 5.47. The van der Waals surface area contributed by atoms with Gasteiger partial charge in [-0.1, -0.05) is 38.5 Å². The van der Waals surface area contributed by atoms with Crippen molar-refractivity contribution in [3.8, 4) is 0 Å². The Labute approximate surface area is 185 Å². The summed E-state index contributed by atoms with van der Waals surface area (Å²) in [6.07, 6.45) is 13.0. The molecule has 2 aromatic heterocycles. The van der Waals surface area contributed by atoms with Gasteiger partial charge in [0.2, 0.25) is 0 Å². The molecule has 1 fully saturated rings. The number of ether oxygens (including phenoxy) is 1. The lowest BCUT2D eigenvalue weighted by Gasteiger charge is -2.36. The summed E-state index contributed by atoms with van der Waals surface area (Å²) in [6, 6.07) is 0. The van der Waals surface area contributed by atoms with Crippen molar-refractivity contribution in [2.24, 2.45) is 5.92 Å². The summed E-state index contributed by atoms with van der Waals surface area (Å²) in [4.78, 5) is 25.6. The van der Waals surface area contributed by atoms with E-state index in [4.69, 9.17) is 9.72 Å². The first-order chi connectivity index (χ1) is 14.7. The largest absolute Gasteiger partial charge is 0.444 e. The van der Waals surface area contributed by atoms with Gasteiger partial charge in [0.25, 0.3) is 0 Å². The van der Waals surface area contributed by atoms with E-state index in [-0.39, 0.29) is 6.09 Å². The number of carbonyl (C=O) groups excluding carboxylic acids is 1. The summed E-state index contributed by atoms with van der Waals surface area (Å²) >= 11 is 0. The lowest BCUT2D eigenvalue weighted by Crippen LogP contribution is -2.50. The van der Waals surface area contributed by atoms with Gasteiger partial charge in [-0.25, -0.2) is 14.8 Å². The van der Waals surface area contributed by atoms with Crippen LogP contribution in [0.1, 0.15) is 53.7 Å². The van der Waals surface area contributed by atoms with Crippen molar-refractivity contribution in [3.63, 3.8) is 0 Å². The molecule has 2 aromatic rings. The molecule has 0 N–H and O–H groups in total. The topological polar surface area (TPSA) is 63.0 Å². The highest BCUT2D eigenvalue weighted by atomic mass is 16.6. The minimum absolute atomic E-state index is 0.257. The molecule has 7 nitrogen and oxygen atoms in total. The van der Waals surface area contributed by atoms with Crippen LogP contribution in [0.4, 0.5) is 10.6 Å². The summed E-state index contributed by atoms with van der Waals surface area (Å²) in [7, 11) is 0. The second-order valence-corrected chi connectivity index (χ2v) is 9.16. The average Bonchev–Trinajstić information content (AvgIpc) is 3.21. The smallest absolute Gasteiger partial charge is 0.410 e. The number of hydrogen-bond acceptors (Lipinski definition) is 5. The van der Waals surface area contributed by atoms with E-state index in [2.05, 4.69) is 53.3 Å². The van der Waals surface area contributed by atoms with Crippen molar-refractivity contribution in [3.05, 3.63) is 42.5 Å². The number of carbonyl (C=O) groups is 1. The monoisotopic (exact) mass is 425 g/mol. The van der Waals surface area contributed by atoms with Gasteiger partial charge in [-0.2, -0.15) is 0 Å². The Morgan fingerprint density at radius 3 is 2.58 bits per heavy atom. The van der Waals surface area contributed by atoms with E-state index in [9.17, 15) is 4.79 Å². The molecule has 0 unspecified atom stereocenters. The van der Waals surface area contributed by atoms with Crippen LogP contribution in [0.2, 0.25) is 0 Å². The minimum Gasteiger partial charge on any atom is -0.444 e. The molecule has 1 amide bonds. The number of fused-ring (bicyclic) bond motifs is 1. The van der Waals surface area contributed by atoms with Gasteiger partial charge in [-0.05, 0) is 39.2 Å². The molecule has 1 saturated heterocycles. The SMILES string of the molecule is CC[C@@H](C)/C=C\C=C(/C)c1cnc(N2CCN(C(=O)OC(C)(C)C)CC2)c2nccn12. The van der Waals surface area contributed by atoms with E-state index in [0.29, 0.717) is 32.1 Å². The van der Waals surface area contributed by atoms with Crippen molar-refractivity contribution in [1.29, 1.82) is 0 Å². The number of rotatable bonds is 5. The van der Waals surface area contributed by atoms with E-state index in [1.807, 2.05) is 39.4 Å². The first-order valence-electron chi connectivity index (χ1n) is 11.1. The van der Waals surface area contributed by atoms with Gasteiger partial charge in [0.05, 0.1) is 11.9 Å². The predicted molar refractivity (Wildman–Crippen MR) is 125 cm³/mol. The first kappa shape index (κ1) is 22.8. The van der Waals surface area contributed by atoms with Crippen molar-refractivity contribution in [2.45, 2.75) is 53.6 Å². The normalized spacial score (nSPS) is 16.9. The standard InChI is InChI=1S/C24H35N5O2/c1-7-18(2)9-8-10-19(3)20-17-26-21(22-25-11-12-29(20)22)27-13-15-28(16-14-27)23(30)31-24(4,5)6/h8-12,17-18H,7,13-16H2,1-6H3/b9-8-,19-10+/t18-/m1/s1. The van der Waals surface area contributed by atoms with E-state index in [0.717, 1.165) is 29.2 Å². The van der Waals surface area contributed by atoms with Crippen LogP contribution in [0.3, 0.4) is 0 Å². The number of imidazole rings is 1. The highest BCUT2D eigenvalue weighted by molar-refractivity contribution is 5.72. The molecule has 31 heavy (non-hydrogen) atoms. The summed E-state index contributed by atoms with van der Waals surface area (Å²) < 4.78 is 7.59. The summed E-state index contributed by atoms with van der Waals surface area (Å²) in [5.41, 5.74) is 2.51. The Bertz CT molecular complexity index is 962. The van der Waals surface area contributed by atoms with Gasteiger partial charge in [-0.3, -0.25) is 4.40 Å². The molecule has 7 heteroatoms. The van der Waals surface area contributed by atoms with Crippen molar-refractivity contribution in [2.75, 3.05) is 31.1 Å². The van der Waals surface area contributed by atoms with Crippen molar-refractivity contribution >= 4 is 23.1 Å². The number of nitrogens with zero attached hydrogens (tertiary/aromatic N) is 5. The molecule has 0 bridgehead atoms. The summed E-state index contributed by atoms with van der Waals surface area (Å²) in [5, 5.41) is 0. The lowest BCUT2D eigenvalue weighted by molar-refractivity contribution is 0.0240. The second-order valence-electron chi connectivity index (χ2n) is 9.16. The highest BCUT2D eigenvalue weighted by Crippen LogP contribution is 2.24. The Balaban J connectivity index is 1.75. The Hall–Kier alpha value is -2.83. The zero-order valence-electron chi connectivity index (χ0n) is 19.6. The number of aromatic nitrogens is 3. The van der Waals surface area contributed by atoms with Crippen LogP contribution in [-0.4, -0.2) is 57.1 Å². The summed E-state index contributed by atoms with van der Waals surface area (Å²) in [6.45, 7) is 14.8. The number of hydrogen-bond donors (Lipinski definition) is 0. The van der Waals surface area contributed by atoms with Gasteiger partial charge >= 0.3 is 6.09 Å². The molecular weight excluding hydrogens is 390 g/mol. The van der Waals surface area contributed by atoms with Crippen LogP contribution >= 0.6 is 0 Å². The summed E-state index contributed by atoms with van der Waals surface area (Å²) in [5.74, 6) is 1.41. The van der Waals surface area contributed by atoms with E-state index >= 15 is 0 Å². The number of piperazine rings is 1. The van der Waals surface area contributed by atoms with Crippen molar-refractivity contribution in [1.82, 2.24) is 19.3 Å². The lowest BCUT2D eigenvalue weighted by atomic mass is 10.1. The van der Waals surface area contributed by atoms with Gasteiger partial charge < -0.3 is 14.5 Å². The van der Waals surface area contributed by atoms with E-state index in [1.165, 1.54) is 0 Å². The van der Waals surface area contributed by atoms with Crippen LogP contribution < -0.4 is 4.90 Å². The maximum Gasteiger partial charge on any atom is 0.410 e. The molecule has 0 radical (unpaired) electrons. The Morgan fingerprint density at radius 2 is 1.94 bits per heavy atom. The molecule has 0 aromatic carbocycles. The van der Waals surface area contributed by atoms with Crippen molar-refractivity contribution < 1.29 is 9.53 Å². The quantitative estimate of drug-likeness (QED) is 0.645. The molecule has 0 aliphatic carbocycles. The Morgan fingerprint density at radius 1 is 1.23 bits per heavy atom. The fourth-order valence-corrected chi connectivity index (χ4v) is 3.46. The van der Waals surface area contributed by atoms with E-state index in [1.54, 1.807) is 4.90 Å². The van der Waals surface area contributed by atoms with E-state index < -0.39 is 5.60 Å². The third-order valence-corrected chi connectivity index (χ3v) is 5.47. The molecule has 168 valence electrons. The van der Waals surface area contributed by atoms with Crippen LogP contribution in [0.25, 0.3) is 11.2 Å². The van der Waals surface area contributed by atoms with Gasteiger partial charge in [0.15, 0.2) is 11.5 Å². The molecule has 0 saturated carbocycles. The molecule has 3 rings (SSSR count). The van der Waals surface area contributed by atoms with Crippen LogP contribution in [0.15, 0.2) is 36.8 Å². The third kappa shape index (κ3) is 5.66.